The summed E-state index contributed by atoms with van der Waals surface area (Å²) in [6, 6.07) is 12.4. The Labute approximate surface area is 161 Å². The van der Waals surface area contributed by atoms with Crippen molar-refractivity contribution in [3.05, 3.63) is 64.2 Å². The summed E-state index contributed by atoms with van der Waals surface area (Å²) in [4.78, 5) is 14.9. The van der Waals surface area contributed by atoms with Gasteiger partial charge in [0.2, 0.25) is 0 Å². The first-order valence-corrected chi connectivity index (χ1v) is 10.4. The van der Waals surface area contributed by atoms with Gasteiger partial charge in [0.1, 0.15) is 5.75 Å². The van der Waals surface area contributed by atoms with E-state index < -0.39 is 14.9 Å². The van der Waals surface area contributed by atoms with Crippen LogP contribution in [0, 0.1) is 10.1 Å². The zero-order valence-electron chi connectivity index (χ0n) is 14.4. The molecule has 142 valence electrons. The lowest BCUT2D eigenvalue weighted by molar-refractivity contribution is -0.384. The van der Waals surface area contributed by atoms with E-state index in [0.29, 0.717) is 23.2 Å². The van der Waals surface area contributed by atoms with Crippen LogP contribution in [-0.2, 0) is 15.8 Å². The van der Waals surface area contributed by atoms with Gasteiger partial charge in [-0.1, -0.05) is 23.9 Å². The molecule has 0 aromatic heterocycles. The normalized spacial score (nSPS) is 14.1. The van der Waals surface area contributed by atoms with Crippen molar-refractivity contribution in [2.75, 3.05) is 20.2 Å². The lowest BCUT2D eigenvalue weighted by Crippen LogP contribution is -2.32. The molecule has 1 aliphatic rings. The topological polar surface area (TPSA) is 102 Å². The quantitative estimate of drug-likeness (QED) is 0.539. The summed E-state index contributed by atoms with van der Waals surface area (Å²) in [5.41, 5.74) is 0.731. The number of hydrogen-bond donors (Lipinski definition) is 0. The number of amidine groups is 1. The maximum Gasteiger partial charge on any atom is 0.269 e. The summed E-state index contributed by atoms with van der Waals surface area (Å²) in [5.74, 6) is 0.958. The molecule has 2 aromatic carbocycles. The van der Waals surface area contributed by atoms with Crippen LogP contribution >= 0.6 is 11.8 Å². The molecule has 10 heteroatoms. The average Bonchev–Trinajstić information content (AvgIpc) is 3.16. The van der Waals surface area contributed by atoms with E-state index in [4.69, 9.17) is 4.74 Å². The van der Waals surface area contributed by atoms with E-state index in [1.54, 1.807) is 24.3 Å². The maximum absolute atomic E-state index is 12.9. The Morgan fingerprint density at radius 2 is 2.00 bits per heavy atom. The Kier molecular flexibility index (Phi) is 5.66. The lowest BCUT2D eigenvalue weighted by atomic mass is 10.2. The third-order valence-electron chi connectivity index (χ3n) is 3.90. The van der Waals surface area contributed by atoms with Gasteiger partial charge < -0.3 is 4.74 Å². The van der Waals surface area contributed by atoms with Gasteiger partial charge in [0.25, 0.3) is 15.7 Å². The molecule has 0 fully saturated rings. The highest BCUT2D eigenvalue weighted by Gasteiger charge is 2.31. The number of nitrogens with zero attached hydrogens (tertiary/aromatic N) is 3. The molecule has 0 saturated heterocycles. The standard InChI is InChI=1S/C17H17N3O5S2/c1-25-15-5-7-16(8-6-15)27(23,24)19-10-9-18-17(19)26-12-13-3-2-4-14(11-13)20(21)22/h2-8,11H,9-10,12H2,1H3. The Hall–Kier alpha value is -2.59. The van der Waals surface area contributed by atoms with Crippen LogP contribution in [0.15, 0.2) is 58.4 Å². The SMILES string of the molecule is COc1ccc(S(=O)(=O)N2CCN=C2SCc2cccc([N+](=O)[O-])c2)cc1. The molecule has 0 bridgehead atoms. The molecule has 0 spiro atoms. The van der Waals surface area contributed by atoms with Gasteiger partial charge in [-0.3, -0.25) is 15.1 Å². The molecule has 0 radical (unpaired) electrons. The van der Waals surface area contributed by atoms with E-state index in [9.17, 15) is 18.5 Å². The first-order chi connectivity index (χ1) is 12.9. The molecular formula is C17H17N3O5S2. The highest BCUT2D eigenvalue weighted by atomic mass is 32.2. The number of rotatable bonds is 6. The number of hydrogen-bond acceptors (Lipinski definition) is 7. The van der Waals surface area contributed by atoms with Crippen molar-refractivity contribution in [1.82, 2.24) is 4.31 Å². The summed E-state index contributed by atoms with van der Waals surface area (Å²) >= 11 is 1.24. The lowest BCUT2D eigenvalue weighted by Gasteiger charge is -2.20. The molecular weight excluding hydrogens is 390 g/mol. The van der Waals surface area contributed by atoms with Crippen molar-refractivity contribution < 1.29 is 18.1 Å². The second-order valence-electron chi connectivity index (χ2n) is 5.63. The molecule has 0 amide bonds. The van der Waals surface area contributed by atoms with Crippen LogP contribution < -0.4 is 4.74 Å². The highest BCUT2D eigenvalue weighted by Crippen LogP contribution is 2.27. The van der Waals surface area contributed by atoms with Gasteiger partial charge in [0.15, 0.2) is 5.17 Å². The summed E-state index contributed by atoms with van der Waals surface area (Å²) in [7, 11) is -2.21. The van der Waals surface area contributed by atoms with Gasteiger partial charge in [0.05, 0.1) is 30.0 Å². The Morgan fingerprint density at radius 1 is 1.26 bits per heavy atom. The summed E-state index contributed by atoms with van der Waals surface area (Å²) < 4.78 is 32.1. The van der Waals surface area contributed by atoms with Crippen molar-refractivity contribution in [3.63, 3.8) is 0 Å². The number of benzene rings is 2. The smallest absolute Gasteiger partial charge is 0.269 e. The van der Waals surface area contributed by atoms with Crippen LogP contribution in [0.2, 0.25) is 0 Å². The summed E-state index contributed by atoms with van der Waals surface area (Å²) in [6.07, 6.45) is 0. The molecule has 1 heterocycles. The molecule has 0 atom stereocenters. The predicted molar refractivity (Wildman–Crippen MR) is 104 cm³/mol. The number of methoxy groups -OCH3 is 1. The van der Waals surface area contributed by atoms with Crippen molar-refractivity contribution in [2.24, 2.45) is 4.99 Å². The third kappa shape index (κ3) is 4.22. The van der Waals surface area contributed by atoms with E-state index in [1.807, 2.05) is 0 Å². The van der Waals surface area contributed by atoms with Gasteiger partial charge in [0, 0.05) is 17.9 Å². The number of non-ortho nitro benzene ring substituents is 1. The van der Waals surface area contributed by atoms with Gasteiger partial charge in [-0.2, -0.15) is 0 Å². The number of aliphatic imine (C=N–C) groups is 1. The van der Waals surface area contributed by atoms with Crippen molar-refractivity contribution >= 4 is 32.6 Å². The van der Waals surface area contributed by atoms with E-state index in [-0.39, 0.29) is 17.1 Å². The number of nitro benzene ring substituents is 1. The van der Waals surface area contributed by atoms with Crippen LogP contribution in [-0.4, -0.2) is 43.0 Å². The molecule has 27 heavy (non-hydrogen) atoms. The Morgan fingerprint density at radius 3 is 2.67 bits per heavy atom. The minimum absolute atomic E-state index is 0.00386. The second-order valence-corrected chi connectivity index (χ2v) is 8.44. The fourth-order valence-electron chi connectivity index (χ4n) is 2.53. The van der Waals surface area contributed by atoms with E-state index in [2.05, 4.69) is 4.99 Å². The summed E-state index contributed by atoms with van der Waals surface area (Å²) in [6.45, 7) is 0.651. The minimum atomic E-state index is -3.72. The van der Waals surface area contributed by atoms with Crippen LogP contribution in [0.25, 0.3) is 0 Å². The maximum atomic E-state index is 12.9. The van der Waals surface area contributed by atoms with Gasteiger partial charge in [-0.05, 0) is 29.8 Å². The zero-order valence-corrected chi connectivity index (χ0v) is 16.1. The molecule has 0 unspecified atom stereocenters. The number of nitro groups is 1. The summed E-state index contributed by atoms with van der Waals surface area (Å²) in [5, 5.41) is 11.3. The molecule has 0 aliphatic carbocycles. The first-order valence-electron chi connectivity index (χ1n) is 7.99. The first kappa shape index (κ1) is 19.2. The van der Waals surface area contributed by atoms with Crippen LogP contribution in [0.3, 0.4) is 0 Å². The molecule has 8 nitrogen and oxygen atoms in total. The van der Waals surface area contributed by atoms with Crippen LogP contribution in [0.4, 0.5) is 5.69 Å². The monoisotopic (exact) mass is 407 g/mol. The van der Waals surface area contributed by atoms with Gasteiger partial charge in [-0.15, -0.1) is 0 Å². The van der Waals surface area contributed by atoms with Crippen LogP contribution in [0.5, 0.6) is 5.75 Å². The minimum Gasteiger partial charge on any atom is -0.497 e. The van der Waals surface area contributed by atoms with Crippen molar-refractivity contribution in [3.8, 4) is 5.75 Å². The average molecular weight is 407 g/mol. The number of ether oxygens (including phenoxy) is 1. The number of sulfonamides is 1. The fourth-order valence-corrected chi connectivity index (χ4v) is 5.20. The molecule has 0 saturated carbocycles. The van der Waals surface area contributed by atoms with E-state index >= 15 is 0 Å². The zero-order chi connectivity index (χ0) is 19.4. The molecule has 1 aliphatic heterocycles. The number of thioether (sulfide) groups is 1. The second kappa shape index (κ2) is 7.97. The third-order valence-corrected chi connectivity index (χ3v) is 6.90. The predicted octanol–water partition coefficient (Wildman–Crippen LogP) is 2.90. The molecule has 0 N–H and O–H groups in total. The van der Waals surface area contributed by atoms with Gasteiger partial charge >= 0.3 is 0 Å². The highest BCUT2D eigenvalue weighted by molar-refractivity contribution is 8.14. The Bertz CT molecular complexity index is 974. The van der Waals surface area contributed by atoms with Gasteiger partial charge in [-0.25, -0.2) is 12.7 Å². The van der Waals surface area contributed by atoms with Crippen molar-refractivity contribution in [2.45, 2.75) is 10.6 Å². The van der Waals surface area contributed by atoms with Crippen LogP contribution in [0.1, 0.15) is 5.56 Å². The Balaban J connectivity index is 1.74. The van der Waals surface area contributed by atoms with Crippen molar-refractivity contribution in [1.29, 1.82) is 0 Å². The fraction of sp³-hybridized carbons (Fsp3) is 0.235. The largest absolute Gasteiger partial charge is 0.497 e. The molecule has 2 aromatic rings. The molecule has 3 rings (SSSR count). The van der Waals surface area contributed by atoms with E-state index in [1.165, 1.54) is 47.4 Å². The van der Waals surface area contributed by atoms with E-state index in [0.717, 1.165) is 5.56 Å².